The van der Waals surface area contributed by atoms with Gasteiger partial charge in [-0.15, -0.1) is 0 Å². The Hall–Kier alpha value is -3.16. The summed E-state index contributed by atoms with van der Waals surface area (Å²) in [5.74, 6) is -0.618. The molecule has 8 heteroatoms. The van der Waals surface area contributed by atoms with Crippen molar-refractivity contribution in [3.63, 3.8) is 0 Å². The zero-order valence-electron chi connectivity index (χ0n) is 13.4. The number of nitrogen functional groups attached to an aromatic ring is 1. The van der Waals surface area contributed by atoms with Crippen LogP contribution in [0.4, 0.5) is 10.1 Å². The first-order valence-electron chi connectivity index (χ1n) is 7.13. The maximum atomic E-state index is 13.9. The molecule has 2 heterocycles. The number of rotatable bonds is 3. The average Bonchev–Trinajstić information content (AvgIpc) is 2.87. The highest BCUT2D eigenvalue weighted by Gasteiger charge is 2.19. The van der Waals surface area contributed by atoms with Crippen LogP contribution in [0.25, 0.3) is 11.0 Å². The molecule has 124 valence electrons. The summed E-state index contributed by atoms with van der Waals surface area (Å²) in [4.78, 5) is 21.9. The van der Waals surface area contributed by atoms with E-state index in [9.17, 15) is 9.18 Å². The molecule has 24 heavy (non-hydrogen) atoms. The Balaban J connectivity index is 2.09. The third-order valence-electron chi connectivity index (χ3n) is 3.57. The molecule has 0 spiro atoms. The van der Waals surface area contributed by atoms with Gasteiger partial charge in [0.2, 0.25) is 5.88 Å². The van der Waals surface area contributed by atoms with Crippen LogP contribution in [0.1, 0.15) is 10.5 Å². The summed E-state index contributed by atoms with van der Waals surface area (Å²) in [7, 11) is 5.04. The summed E-state index contributed by atoms with van der Waals surface area (Å²) in [5, 5.41) is 0.515. The van der Waals surface area contributed by atoms with Crippen LogP contribution in [0.15, 0.2) is 30.6 Å². The summed E-state index contributed by atoms with van der Waals surface area (Å²) in [6.07, 6.45) is 1.30. The van der Waals surface area contributed by atoms with Crippen molar-refractivity contribution >= 4 is 22.6 Å². The molecule has 0 aliphatic rings. The molecule has 0 aliphatic heterocycles. The lowest BCUT2D eigenvalue weighted by molar-refractivity contribution is 0.0819. The highest BCUT2D eigenvalue weighted by atomic mass is 19.1. The Labute approximate surface area is 137 Å². The highest BCUT2D eigenvalue weighted by Crippen LogP contribution is 2.30. The standard InChI is InChI=1S/C16H16FN5O2/c1-21(2)16(23)12-7-10-14(22(12)3)19-8-20-15(10)24-13-5-4-9(18)6-11(13)17/h4-8H,18H2,1-3H3. The molecule has 1 amide bonds. The van der Waals surface area contributed by atoms with Crippen molar-refractivity contribution < 1.29 is 13.9 Å². The maximum Gasteiger partial charge on any atom is 0.270 e. The minimum Gasteiger partial charge on any atom is -0.435 e. The lowest BCUT2D eigenvalue weighted by atomic mass is 10.3. The van der Waals surface area contributed by atoms with Gasteiger partial charge in [-0.1, -0.05) is 0 Å². The van der Waals surface area contributed by atoms with Crippen molar-refractivity contribution in [2.75, 3.05) is 19.8 Å². The van der Waals surface area contributed by atoms with E-state index in [0.717, 1.165) is 0 Å². The van der Waals surface area contributed by atoms with Crippen molar-refractivity contribution in [1.29, 1.82) is 0 Å². The fraction of sp³-hybridized carbons (Fsp3) is 0.188. The molecular weight excluding hydrogens is 313 g/mol. The second-order valence-electron chi connectivity index (χ2n) is 5.50. The van der Waals surface area contributed by atoms with Crippen molar-refractivity contribution in [1.82, 2.24) is 19.4 Å². The van der Waals surface area contributed by atoms with Crippen LogP contribution < -0.4 is 10.5 Å². The number of anilines is 1. The van der Waals surface area contributed by atoms with Gasteiger partial charge in [0, 0.05) is 32.9 Å². The SMILES string of the molecule is CN(C)C(=O)c1cc2c(Oc3ccc(N)cc3F)ncnc2n1C. The number of carbonyl (C=O) groups is 1. The predicted molar refractivity (Wildman–Crippen MR) is 87.4 cm³/mol. The monoisotopic (exact) mass is 329 g/mol. The Kier molecular flexibility index (Phi) is 3.80. The van der Waals surface area contributed by atoms with Crippen LogP contribution in [0.2, 0.25) is 0 Å². The van der Waals surface area contributed by atoms with Gasteiger partial charge in [-0.3, -0.25) is 4.79 Å². The van der Waals surface area contributed by atoms with Gasteiger partial charge in [0.05, 0.1) is 5.39 Å². The van der Waals surface area contributed by atoms with E-state index in [1.54, 1.807) is 31.8 Å². The number of carbonyl (C=O) groups excluding carboxylic acids is 1. The van der Waals surface area contributed by atoms with Gasteiger partial charge in [-0.2, -0.15) is 0 Å². The predicted octanol–water partition coefficient (Wildman–Crippen LogP) is 2.18. The first kappa shape index (κ1) is 15.7. The number of nitrogens with zero attached hydrogens (tertiary/aromatic N) is 4. The van der Waals surface area contributed by atoms with Crippen LogP contribution in [-0.4, -0.2) is 39.4 Å². The average molecular weight is 329 g/mol. The van der Waals surface area contributed by atoms with Crippen molar-refractivity contribution in [3.8, 4) is 11.6 Å². The summed E-state index contributed by atoms with van der Waals surface area (Å²) in [6.45, 7) is 0. The van der Waals surface area contributed by atoms with Crippen molar-refractivity contribution in [2.24, 2.45) is 7.05 Å². The Morgan fingerprint density at radius 1 is 1.29 bits per heavy atom. The molecular formula is C16H16FN5O2. The quantitative estimate of drug-likeness (QED) is 0.744. The molecule has 2 N–H and O–H groups in total. The van der Waals surface area contributed by atoms with E-state index >= 15 is 0 Å². The maximum absolute atomic E-state index is 13.9. The highest BCUT2D eigenvalue weighted by molar-refractivity contribution is 5.98. The van der Waals surface area contributed by atoms with Crippen LogP contribution >= 0.6 is 0 Å². The van der Waals surface area contributed by atoms with E-state index in [1.807, 2.05) is 0 Å². The lowest BCUT2D eigenvalue weighted by Crippen LogP contribution is -2.23. The van der Waals surface area contributed by atoms with E-state index in [-0.39, 0.29) is 17.5 Å². The van der Waals surface area contributed by atoms with E-state index in [0.29, 0.717) is 22.4 Å². The van der Waals surface area contributed by atoms with Gasteiger partial charge in [-0.25, -0.2) is 14.4 Å². The number of ether oxygens (including phenoxy) is 1. The number of fused-ring (bicyclic) bond motifs is 1. The Morgan fingerprint density at radius 2 is 2.04 bits per heavy atom. The molecule has 2 aromatic heterocycles. The summed E-state index contributed by atoms with van der Waals surface area (Å²) >= 11 is 0. The number of aryl methyl sites for hydroxylation is 1. The van der Waals surface area contributed by atoms with Gasteiger partial charge < -0.3 is 19.9 Å². The molecule has 0 saturated heterocycles. The fourth-order valence-corrected chi connectivity index (χ4v) is 2.33. The molecule has 0 atom stereocenters. The zero-order valence-corrected chi connectivity index (χ0v) is 13.4. The van der Waals surface area contributed by atoms with Crippen LogP contribution in [0, 0.1) is 5.82 Å². The summed E-state index contributed by atoms with van der Waals surface area (Å²) in [5.41, 5.74) is 6.77. The van der Waals surface area contributed by atoms with E-state index < -0.39 is 5.82 Å². The molecule has 0 unspecified atom stereocenters. The third-order valence-corrected chi connectivity index (χ3v) is 3.57. The molecule has 0 aliphatic carbocycles. The molecule has 0 bridgehead atoms. The second-order valence-corrected chi connectivity index (χ2v) is 5.50. The Bertz CT molecular complexity index is 936. The van der Waals surface area contributed by atoms with Crippen LogP contribution in [0.5, 0.6) is 11.6 Å². The van der Waals surface area contributed by atoms with Gasteiger partial charge in [0.25, 0.3) is 5.91 Å². The number of halogens is 1. The van der Waals surface area contributed by atoms with Crippen LogP contribution in [0.3, 0.4) is 0 Å². The lowest BCUT2D eigenvalue weighted by Gasteiger charge is -2.10. The third kappa shape index (κ3) is 2.62. The molecule has 7 nitrogen and oxygen atoms in total. The topological polar surface area (TPSA) is 86.3 Å². The normalized spacial score (nSPS) is 10.8. The number of nitrogens with two attached hydrogens (primary N) is 1. The van der Waals surface area contributed by atoms with E-state index in [1.165, 1.54) is 29.4 Å². The minimum absolute atomic E-state index is 0.00598. The molecule has 0 fully saturated rings. The van der Waals surface area contributed by atoms with Crippen LogP contribution in [-0.2, 0) is 7.05 Å². The van der Waals surface area contributed by atoms with Crippen molar-refractivity contribution in [2.45, 2.75) is 0 Å². The zero-order chi connectivity index (χ0) is 17.4. The first-order chi connectivity index (χ1) is 11.4. The summed E-state index contributed by atoms with van der Waals surface area (Å²) in [6, 6.07) is 5.75. The molecule has 0 saturated carbocycles. The van der Waals surface area contributed by atoms with Gasteiger partial charge >= 0.3 is 0 Å². The number of hydrogen-bond donors (Lipinski definition) is 1. The van der Waals surface area contributed by atoms with E-state index in [2.05, 4.69) is 9.97 Å². The smallest absolute Gasteiger partial charge is 0.270 e. The number of amides is 1. The van der Waals surface area contributed by atoms with E-state index in [4.69, 9.17) is 10.5 Å². The van der Waals surface area contributed by atoms with Gasteiger partial charge in [0.1, 0.15) is 17.7 Å². The number of hydrogen-bond acceptors (Lipinski definition) is 5. The number of benzene rings is 1. The first-order valence-corrected chi connectivity index (χ1v) is 7.13. The Morgan fingerprint density at radius 3 is 2.71 bits per heavy atom. The molecule has 3 aromatic rings. The molecule has 0 radical (unpaired) electrons. The largest absolute Gasteiger partial charge is 0.435 e. The van der Waals surface area contributed by atoms with Gasteiger partial charge in [-0.05, 0) is 18.2 Å². The van der Waals surface area contributed by atoms with Gasteiger partial charge in [0.15, 0.2) is 11.6 Å². The fourth-order valence-electron chi connectivity index (χ4n) is 2.33. The molecule has 1 aromatic carbocycles. The molecule has 3 rings (SSSR count). The van der Waals surface area contributed by atoms with Crippen molar-refractivity contribution in [3.05, 3.63) is 42.1 Å². The summed E-state index contributed by atoms with van der Waals surface area (Å²) < 4.78 is 21.2. The second kappa shape index (κ2) is 5.80. The minimum atomic E-state index is -0.595. The number of aromatic nitrogens is 3.